The van der Waals surface area contributed by atoms with E-state index >= 15 is 0 Å². The molecule has 0 atom stereocenters. The molecule has 2 amide bonds. The van der Waals surface area contributed by atoms with Crippen LogP contribution in [0.5, 0.6) is 0 Å². The van der Waals surface area contributed by atoms with Crippen LogP contribution in [0.2, 0.25) is 0 Å². The Bertz CT molecular complexity index is 254. The highest BCUT2D eigenvalue weighted by Gasteiger charge is 2.21. The van der Waals surface area contributed by atoms with E-state index in [9.17, 15) is 9.59 Å². The summed E-state index contributed by atoms with van der Waals surface area (Å²) in [6, 6.07) is 0. The molecule has 16 heavy (non-hydrogen) atoms. The Kier molecular flexibility index (Phi) is 5.60. The first kappa shape index (κ1) is 13.3. The Morgan fingerprint density at radius 1 is 1.44 bits per heavy atom. The number of carbonyl (C=O) groups excluding carboxylic acids is 2. The van der Waals surface area contributed by atoms with Crippen LogP contribution in [0.15, 0.2) is 0 Å². The van der Waals surface area contributed by atoms with Crippen LogP contribution in [0.4, 0.5) is 0 Å². The molecular formula is C11H19ClN2O2. The lowest BCUT2D eigenvalue weighted by Gasteiger charge is -2.30. The maximum atomic E-state index is 11.6. The first-order valence-corrected chi connectivity index (χ1v) is 6.23. The molecule has 0 heterocycles. The fourth-order valence-corrected chi connectivity index (χ4v) is 1.81. The Morgan fingerprint density at radius 3 is 2.62 bits per heavy atom. The van der Waals surface area contributed by atoms with Crippen molar-refractivity contribution in [1.29, 1.82) is 0 Å². The number of amides is 2. The second-order valence-electron chi connectivity index (χ2n) is 4.30. The van der Waals surface area contributed by atoms with Crippen molar-refractivity contribution < 1.29 is 9.59 Å². The van der Waals surface area contributed by atoms with Crippen molar-refractivity contribution in [2.24, 2.45) is 5.92 Å². The number of halogens is 1. The van der Waals surface area contributed by atoms with Gasteiger partial charge in [0.1, 0.15) is 5.88 Å². The summed E-state index contributed by atoms with van der Waals surface area (Å²) in [6.07, 6.45) is 4.12. The van der Waals surface area contributed by atoms with E-state index in [4.69, 9.17) is 11.6 Å². The molecule has 92 valence electrons. The highest BCUT2D eigenvalue weighted by Crippen LogP contribution is 2.26. The van der Waals surface area contributed by atoms with E-state index < -0.39 is 0 Å². The maximum Gasteiger partial charge on any atom is 0.234 e. The van der Waals surface area contributed by atoms with Crippen LogP contribution < -0.4 is 5.32 Å². The van der Waals surface area contributed by atoms with Crippen LogP contribution in [0.25, 0.3) is 0 Å². The molecule has 1 fully saturated rings. The summed E-state index contributed by atoms with van der Waals surface area (Å²) in [7, 11) is 1.82. The maximum absolute atomic E-state index is 11.6. The van der Waals surface area contributed by atoms with E-state index in [1.807, 2.05) is 7.05 Å². The SMILES string of the molecule is CN(CC1CCC1)C(=O)CCNC(=O)CCl. The molecule has 0 saturated heterocycles. The van der Waals surface area contributed by atoms with Crippen LogP contribution in [0, 0.1) is 5.92 Å². The normalized spacial score (nSPS) is 15.4. The number of nitrogens with zero attached hydrogens (tertiary/aromatic N) is 1. The molecular weight excluding hydrogens is 228 g/mol. The fraction of sp³-hybridized carbons (Fsp3) is 0.818. The molecule has 0 aromatic rings. The predicted molar refractivity (Wildman–Crippen MR) is 63.3 cm³/mol. The summed E-state index contributed by atoms with van der Waals surface area (Å²) in [5.74, 6) is 0.496. The molecule has 0 unspecified atom stereocenters. The van der Waals surface area contributed by atoms with Crippen molar-refractivity contribution in [3.8, 4) is 0 Å². The third-order valence-corrected chi connectivity index (χ3v) is 3.21. The smallest absolute Gasteiger partial charge is 0.234 e. The number of hydrogen-bond donors (Lipinski definition) is 1. The van der Waals surface area contributed by atoms with Crippen molar-refractivity contribution >= 4 is 23.4 Å². The lowest BCUT2D eigenvalue weighted by Crippen LogP contribution is -2.36. The van der Waals surface area contributed by atoms with Gasteiger partial charge in [-0.2, -0.15) is 0 Å². The van der Waals surface area contributed by atoms with Crippen LogP contribution in [-0.2, 0) is 9.59 Å². The van der Waals surface area contributed by atoms with Gasteiger partial charge in [0.2, 0.25) is 11.8 Å². The van der Waals surface area contributed by atoms with E-state index in [0.717, 1.165) is 6.54 Å². The molecule has 5 heteroatoms. The molecule has 0 aromatic heterocycles. The zero-order valence-electron chi connectivity index (χ0n) is 9.67. The highest BCUT2D eigenvalue weighted by atomic mass is 35.5. The highest BCUT2D eigenvalue weighted by molar-refractivity contribution is 6.27. The van der Waals surface area contributed by atoms with Gasteiger partial charge in [-0.3, -0.25) is 9.59 Å². The van der Waals surface area contributed by atoms with Crippen LogP contribution >= 0.6 is 11.6 Å². The average molecular weight is 247 g/mol. The lowest BCUT2D eigenvalue weighted by atomic mass is 9.85. The third kappa shape index (κ3) is 4.39. The molecule has 1 aliphatic rings. The summed E-state index contributed by atoms with van der Waals surface area (Å²) in [5, 5.41) is 2.58. The fourth-order valence-electron chi connectivity index (χ4n) is 1.71. The zero-order chi connectivity index (χ0) is 12.0. The van der Waals surface area contributed by atoms with Gasteiger partial charge < -0.3 is 10.2 Å². The quantitative estimate of drug-likeness (QED) is 0.711. The predicted octanol–water partition coefficient (Wildman–Crippen LogP) is 0.990. The zero-order valence-corrected chi connectivity index (χ0v) is 10.4. The minimum atomic E-state index is -0.226. The van der Waals surface area contributed by atoms with Crippen molar-refractivity contribution in [2.45, 2.75) is 25.7 Å². The second kappa shape index (κ2) is 6.74. The molecule has 1 aliphatic carbocycles. The number of hydrogen-bond acceptors (Lipinski definition) is 2. The van der Waals surface area contributed by atoms with E-state index in [2.05, 4.69) is 5.32 Å². The standard InChI is InChI=1S/C11H19ClN2O2/c1-14(8-9-3-2-4-9)11(16)5-6-13-10(15)7-12/h9H,2-8H2,1H3,(H,13,15). The molecule has 1 rings (SSSR count). The van der Waals surface area contributed by atoms with Crippen molar-refractivity contribution in [3.63, 3.8) is 0 Å². The lowest BCUT2D eigenvalue weighted by molar-refractivity contribution is -0.130. The molecule has 4 nitrogen and oxygen atoms in total. The number of alkyl halides is 1. The van der Waals surface area contributed by atoms with Crippen molar-refractivity contribution in [1.82, 2.24) is 10.2 Å². The van der Waals surface area contributed by atoms with Crippen LogP contribution in [-0.4, -0.2) is 42.7 Å². The van der Waals surface area contributed by atoms with E-state index in [1.54, 1.807) is 4.90 Å². The largest absolute Gasteiger partial charge is 0.355 e. The third-order valence-electron chi connectivity index (χ3n) is 2.96. The summed E-state index contributed by atoms with van der Waals surface area (Å²) in [5.41, 5.74) is 0. The van der Waals surface area contributed by atoms with Crippen molar-refractivity contribution in [3.05, 3.63) is 0 Å². The first-order valence-electron chi connectivity index (χ1n) is 5.70. The molecule has 0 aromatic carbocycles. The van der Waals surface area contributed by atoms with Gasteiger partial charge >= 0.3 is 0 Å². The molecule has 0 spiro atoms. The van der Waals surface area contributed by atoms with Gasteiger partial charge in [0.15, 0.2) is 0 Å². The summed E-state index contributed by atoms with van der Waals surface area (Å²) in [6.45, 7) is 1.22. The number of carbonyl (C=O) groups is 2. The van der Waals surface area contributed by atoms with Gasteiger partial charge in [-0.15, -0.1) is 11.6 Å². The van der Waals surface area contributed by atoms with E-state index in [0.29, 0.717) is 18.9 Å². The van der Waals surface area contributed by atoms with Crippen LogP contribution in [0.3, 0.4) is 0 Å². The minimum Gasteiger partial charge on any atom is -0.355 e. The minimum absolute atomic E-state index is 0.0495. The molecule has 0 aliphatic heterocycles. The molecule has 0 radical (unpaired) electrons. The van der Waals surface area contributed by atoms with Gasteiger partial charge in [0.25, 0.3) is 0 Å². The number of rotatable bonds is 6. The van der Waals surface area contributed by atoms with Gasteiger partial charge in [0, 0.05) is 26.6 Å². The second-order valence-corrected chi connectivity index (χ2v) is 4.57. The van der Waals surface area contributed by atoms with Gasteiger partial charge in [0.05, 0.1) is 0 Å². The summed E-state index contributed by atoms with van der Waals surface area (Å²) in [4.78, 5) is 24.2. The topological polar surface area (TPSA) is 49.4 Å². The number of nitrogens with one attached hydrogen (secondary N) is 1. The average Bonchev–Trinajstić information content (AvgIpc) is 2.22. The molecule has 0 bridgehead atoms. The Labute approximate surface area is 101 Å². The van der Waals surface area contributed by atoms with E-state index in [-0.39, 0.29) is 17.7 Å². The van der Waals surface area contributed by atoms with Crippen LogP contribution in [0.1, 0.15) is 25.7 Å². The van der Waals surface area contributed by atoms with E-state index in [1.165, 1.54) is 19.3 Å². The molecule has 1 saturated carbocycles. The van der Waals surface area contributed by atoms with Crippen molar-refractivity contribution in [2.75, 3.05) is 26.0 Å². The van der Waals surface area contributed by atoms with Gasteiger partial charge in [-0.1, -0.05) is 6.42 Å². The Balaban J connectivity index is 2.10. The van der Waals surface area contributed by atoms with Gasteiger partial charge in [-0.05, 0) is 18.8 Å². The summed E-state index contributed by atoms with van der Waals surface area (Å²) >= 11 is 5.32. The monoisotopic (exact) mass is 246 g/mol. The summed E-state index contributed by atoms with van der Waals surface area (Å²) < 4.78 is 0. The first-order chi connectivity index (χ1) is 7.63. The van der Waals surface area contributed by atoms with Gasteiger partial charge in [-0.25, -0.2) is 0 Å². The Morgan fingerprint density at radius 2 is 2.12 bits per heavy atom. The molecule has 1 N–H and O–H groups in total. The Hall–Kier alpha value is -0.770.